The second kappa shape index (κ2) is 8.52. The Kier molecular flexibility index (Phi) is 5.87. The van der Waals surface area contributed by atoms with Crippen LogP contribution in [0.5, 0.6) is 0 Å². The van der Waals surface area contributed by atoms with Gasteiger partial charge >= 0.3 is 0 Å². The third-order valence-corrected chi connectivity index (χ3v) is 4.44. The Morgan fingerprint density at radius 3 is 1.60 bits per heavy atom. The number of hydrogen-bond acceptors (Lipinski definition) is 5. The number of aryl methyl sites for hydroxylation is 1. The molecule has 0 aliphatic rings. The molecular weight excluding hydrogens is 384 g/mol. The first kappa shape index (κ1) is 20.7. The Bertz CT molecular complexity index is 1130. The molecule has 0 aliphatic heterocycles. The Morgan fingerprint density at radius 1 is 0.733 bits per heavy atom. The number of aromatic nitrogens is 2. The molecule has 3 aromatic rings. The van der Waals surface area contributed by atoms with Crippen molar-refractivity contribution in [3.63, 3.8) is 0 Å². The van der Waals surface area contributed by atoms with E-state index in [1.54, 1.807) is 55.6 Å². The van der Waals surface area contributed by atoms with Gasteiger partial charge in [-0.05, 0) is 62.4 Å². The highest BCUT2D eigenvalue weighted by atomic mass is 16.2. The number of carbonyl (C=O) groups excluding carboxylic acids is 4. The predicted molar refractivity (Wildman–Crippen MR) is 112 cm³/mol. The lowest BCUT2D eigenvalue weighted by Crippen LogP contribution is -2.16. The SMILES string of the molecule is CC(=O)c1ccc(NC(=O)c2cc(C(=O)Nc3ccc(C(C)=O)cc3)n(C)n2)cc1. The van der Waals surface area contributed by atoms with Crippen LogP contribution in [0.3, 0.4) is 0 Å². The standard InChI is InChI=1S/C22H20N4O4/c1-13(27)15-4-8-17(9-5-15)23-21(29)19-12-20(26(3)25-19)22(30)24-18-10-6-16(7-11-18)14(2)28/h4-12H,1-3H3,(H,23,29)(H,24,30). The van der Waals surface area contributed by atoms with Crippen molar-refractivity contribution in [1.82, 2.24) is 9.78 Å². The van der Waals surface area contributed by atoms with Gasteiger partial charge in [-0.15, -0.1) is 0 Å². The largest absolute Gasteiger partial charge is 0.321 e. The van der Waals surface area contributed by atoms with E-state index in [0.29, 0.717) is 22.5 Å². The topological polar surface area (TPSA) is 110 Å². The van der Waals surface area contributed by atoms with Crippen LogP contribution in [0.15, 0.2) is 54.6 Å². The Balaban J connectivity index is 1.70. The van der Waals surface area contributed by atoms with Gasteiger partial charge in [0.05, 0.1) is 0 Å². The molecule has 2 aromatic carbocycles. The highest BCUT2D eigenvalue weighted by Crippen LogP contribution is 2.14. The molecule has 2 N–H and O–H groups in total. The van der Waals surface area contributed by atoms with E-state index in [1.165, 1.54) is 24.6 Å². The molecule has 1 heterocycles. The molecule has 1 aromatic heterocycles. The minimum absolute atomic E-state index is 0.0638. The summed E-state index contributed by atoms with van der Waals surface area (Å²) in [6.45, 7) is 2.93. The maximum absolute atomic E-state index is 12.5. The fourth-order valence-electron chi connectivity index (χ4n) is 2.76. The van der Waals surface area contributed by atoms with Crippen molar-refractivity contribution in [3.05, 3.63) is 77.1 Å². The monoisotopic (exact) mass is 404 g/mol. The van der Waals surface area contributed by atoms with Crippen LogP contribution in [0.25, 0.3) is 0 Å². The van der Waals surface area contributed by atoms with Crippen LogP contribution in [0.1, 0.15) is 55.5 Å². The van der Waals surface area contributed by atoms with Crippen molar-refractivity contribution < 1.29 is 19.2 Å². The van der Waals surface area contributed by atoms with E-state index >= 15 is 0 Å². The number of anilines is 2. The molecule has 8 nitrogen and oxygen atoms in total. The number of hydrogen-bond donors (Lipinski definition) is 2. The molecule has 152 valence electrons. The maximum Gasteiger partial charge on any atom is 0.276 e. The summed E-state index contributed by atoms with van der Waals surface area (Å²) in [5, 5.41) is 9.49. The van der Waals surface area contributed by atoms with Gasteiger partial charge in [0.2, 0.25) is 0 Å². The van der Waals surface area contributed by atoms with Gasteiger partial charge < -0.3 is 10.6 Å². The number of ketones is 2. The molecule has 0 bridgehead atoms. The van der Waals surface area contributed by atoms with Gasteiger partial charge in [-0.25, -0.2) is 0 Å². The zero-order valence-electron chi connectivity index (χ0n) is 16.7. The number of carbonyl (C=O) groups is 4. The Labute approximate surface area is 172 Å². The van der Waals surface area contributed by atoms with E-state index in [2.05, 4.69) is 15.7 Å². The first-order valence-electron chi connectivity index (χ1n) is 9.13. The molecule has 0 unspecified atom stereocenters. The molecule has 0 spiro atoms. The molecule has 0 fully saturated rings. The molecule has 3 rings (SSSR count). The van der Waals surface area contributed by atoms with Crippen molar-refractivity contribution >= 4 is 34.8 Å². The van der Waals surface area contributed by atoms with Crippen LogP contribution in [-0.4, -0.2) is 33.2 Å². The van der Waals surface area contributed by atoms with Crippen LogP contribution in [0.2, 0.25) is 0 Å². The quantitative estimate of drug-likeness (QED) is 0.613. The summed E-state index contributed by atoms with van der Waals surface area (Å²) in [7, 11) is 1.56. The number of nitrogens with one attached hydrogen (secondary N) is 2. The maximum atomic E-state index is 12.5. The molecular formula is C22H20N4O4. The molecule has 0 aliphatic carbocycles. The van der Waals surface area contributed by atoms with Crippen molar-refractivity contribution in [1.29, 1.82) is 0 Å². The van der Waals surface area contributed by atoms with E-state index < -0.39 is 11.8 Å². The van der Waals surface area contributed by atoms with E-state index in [0.717, 1.165) is 0 Å². The lowest BCUT2D eigenvalue weighted by molar-refractivity contribution is 0.100. The lowest BCUT2D eigenvalue weighted by Gasteiger charge is -2.05. The number of benzene rings is 2. The summed E-state index contributed by atoms with van der Waals surface area (Å²) in [5.74, 6) is -1.05. The number of Topliss-reactive ketones (excluding diaryl/α,β-unsaturated/α-hetero) is 2. The van der Waals surface area contributed by atoms with Gasteiger partial charge in [-0.3, -0.25) is 23.9 Å². The molecule has 0 atom stereocenters. The minimum atomic E-state index is -0.481. The molecule has 0 saturated heterocycles. The smallest absolute Gasteiger partial charge is 0.276 e. The van der Waals surface area contributed by atoms with Crippen LogP contribution in [0.4, 0.5) is 11.4 Å². The fraction of sp³-hybridized carbons (Fsp3) is 0.136. The van der Waals surface area contributed by atoms with E-state index in [-0.39, 0.29) is 23.0 Å². The van der Waals surface area contributed by atoms with Crippen LogP contribution in [0, 0.1) is 0 Å². The summed E-state index contributed by atoms with van der Waals surface area (Å²) in [4.78, 5) is 47.7. The van der Waals surface area contributed by atoms with Crippen molar-refractivity contribution in [2.24, 2.45) is 7.05 Å². The van der Waals surface area contributed by atoms with Gasteiger partial charge in [0, 0.05) is 35.6 Å². The Hall–Kier alpha value is -4.07. The Morgan fingerprint density at radius 2 is 1.17 bits per heavy atom. The first-order valence-corrected chi connectivity index (χ1v) is 9.13. The average molecular weight is 404 g/mol. The predicted octanol–water partition coefficient (Wildman–Crippen LogP) is 3.33. The zero-order chi connectivity index (χ0) is 21.8. The summed E-state index contributed by atoms with van der Waals surface area (Å²) >= 11 is 0. The third kappa shape index (κ3) is 4.67. The van der Waals surface area contributed by atoms with Gasteiger partial charge in [0.25, 0.3) is 11.8 Å². The molecule has 0 radical (unpaired) electrons. The van der Waals surface area contributed by atoms with Gasteiger partial charge in [0.1, 0.15) is 5.69 Å². The highest BCUT2D eigenvalue weighted by molar-refractivity contribution is 6.07. The summed E-state index contributed by atoms with van der Waals surface area (Å²) < 4.78 is 1.31. The second-order valence-corrected chi connectivity index (χ2v) is 6.71. The average Bonchev–Trinajstić information content (AvgIpc) is 3.11. The lowest BCUT2D eigenvalue weighted by atomic mass is 10.1. The number of amides is 2. The van der Waals surface area contributed by atoms with Crippen molar-refractivity contribution in [2.45, 2.75) is 13.8 Å². The summed E-state index contributed by atoms with van der Waals surface area (Å²) in [6, 6.07) is 14.4. The first-order chi connectivity index (χ1) is 14.2. The molecule has 30 heavy (non-hydrogen) atoms. The minimum Gasteiger partial charge on any atom is -0.321 e. The zero-order valence-corrected chi connectivity index (χ0v) is 16.7. The molecule has 8 heteroatoms. The number of nitrogens with zero attached hydrogens (tertiary/aromatic N) is 2. The van der Waals surface area contributed by atoms with Crippen molar-refractivity contribution in [2.75, 3.05) is 10.6 Å². The fourth-order valence-corrected chi connectivity index (χ4v) is 2.76. The van der Waals surface area contributed by atoms with E-state index in [4.69, 9.17) is 0 Å². The van der Waals surface area contributed by atoms with Gasteiger partial charge in [0.15, 0.2) is 17.3 Å². The highest BCUT2D eigenvalue weighted by Gasteiger charge is 2.18. The van der Waals surface area contributed by atoms with E-state index in [9.17, 15) is 19.2 Å². The normalized spacial score (nSPS) is 10.4. The van der Waals surface area contributed by atoms with Crippen LogP contribution >= 0.6 is 0 Å². The molecule has 0 saturated carbocycles. The van der Waals surface area contributed by atoms with Crippen LogP contribution < -0.4 is 10.6 Å². The van der Waals surface area contributed by atoms with E-state index in [1.807, 2.05) is 0 Å². The summed E-state index contributed by atoms with van der Waals surface area (Å²) in [6.07, 6.45) is 0. The number of rotatable bonds is 6. The third-order valence-electron chi connectivity index (χ3n) is 4.44. The van der Waals surface area contributed by atoms with Gasteiger partial charge in [-0.1, -0.05) is 0 Å². The van der Waals surface area contributed by atoms with Crippen molar-refractivity contribution in [3.8, 4) is 0 Å². The second-order valence-electron chi connectivity index (χ2n) is 6.71. The van der Waals surface area contributed by atoms with Gasteiger partial charge in [-0.2, -0.15) is 5.10 Å². The molecule has 2 amide bonds. The summed E-state index contributed by atoms with van der Waals surface area (Å²) in [5.41, 5.74) is 2.38. The van der Waals surface area contributed by atoms with Crippen LogP contribution in [-0.2, 0) is 7.05 Å².